The predicted octanol–water partition coefficient (Wildman–Crippen LogP) is -4.28. The largest absolute Gasteiger partial charge is 1.00 e. The van der Waals surface area contributed by atoms with E-state index in [0.29, 0.717) is 5.69 Å². The summed E-state index contributed by atoms with van der Waals surface area (Å²) >= 11 is -4.62. The zero-order valence-corrected chi connectivity index (χ0v) is 20.4. The molecule has 9 nitrogen and oxygen atoms in total. The first-order chi connectivity index (χ1) is 11.7. The minimum atomic E-state index is -2.41. The molecule has 13 heteroatoms. The van der Waals surface area contributed by atoms with Crippen molar-refractivity contribution in [2.45, 2.75) is 16.7 Å². The van der Waals surface area contributed by atoms with Crippen LogP contribution in [0.3, 0.4) is 0 Å². The standard InChI is InChI=1S/C8H9NO3S.C6H5NO4S.2Na/c1-6(10)9-7-2-4-8(5-3-7)13(11)12;8-7(9)5-2-1-3-6(4-5)12(10)11;;/h2-5H,1H3,(H,9,10)(H,11,12);1-4H,(H,10,11);;/q;;2*+1/p-2. The first-order valence-corrected chi connectivity index (χ1v) is 8.66. The number of nitrogens with zero attached hydrogens (tertiary/aromatic N) is 1. The van der Waals surface area contributed by atoms with E-state index in [9.17, 15) is 32.4 Å². The molecule has 0 spiro atoms. The van der Waals surface area contributed by atoms with E-state index >= 15 is 0 Å². The average Bonchev–Trinajstić information content (AvgIpc) is 2.55. The van der Waals surface area contributed by atoms with Crippen molar-refractivity contribution in [1.82, 2.24) is 0 Å². The zero-order chi connectivity index (χ0) is 19.0. The van der Waals surface area contributed by atoms with Crippen LogP contribution in [0.5, 0.6) is 0 Å². The zero-order valence-electron chi connectivity index (χ0n) is 14.7. The molecule has 2 aromatic rings. The predicted molar refractivity (Wildman–Crippen MR) is 88.2 cm³/mol. The third-order valence-electron chi connectivity index (χ3n) is 2.59. The van der Waals surface area contributed by atoms with Crippen LogP contribution in [0.1, 0.15) is 6.92 Å². The van der Waals surface area contributed by atoms with E-state index in [-0.39, 0.29) is 80.5 Å². The Morgan fingerprint density at radius 2 is 1.48 bits per heavy atom. The monoisotopic (exact) mass is 430 g/mol. The molecular weight excluding hydrogens is 418 g/mol. The first kappa shape index (κ1) is 28.7. The molecule has 0 aliphatic rings. The number of nitrogens with one attached hydrogen (secondary N) is 1. The van der Waals surface area contributed by atoms with Gasteiger partial charge in [0.1, 0.15) is 0 Å². The molecule has 2 unspecified atom stereocenters. The van der Waals surface area contributed by atoms with Gasteiger partial charge in [0.25, 0.3) is 5.69 Å². The molecule has 2 aromatic carbocycles. The van der Waals surface area contributed by atoms with Gasteiger partial charge < -0.3 is 14.4 Å². The third kappa shape index (κ3) is 11.2. The molecule has 0 fully saturated rings. The van der Waals surface area contributed by atoms with E-state index < -0.39 is 27.1 Å². The summed E-state index contributed by atoms with van der Waals surface area (Å²) in [4.78, 5) is 20.3. The molecule has 0 heterocycles. The van der Waals surface area contributed by atoms with Gasteiger partial charge in [0, 0.05) is 34.5 Å². The van der Waals surface area contributed by atoms with Crippen LogP contribution in [0, 0.1) is 10.1 Å². The summed E-state index contributed by atoms with van der Waals surface area (Å²) in [6, 6.07) is 10.8. The number of anilines is 1. The second-order valence-corrected chi connectivity index (χ2v) is 6.31. The normalized spacial score (nSPS) is 11.4. The van der Waals surface area contributed by atoms with Crippen LogP contribution in [-0.2, 0) is 27.0 Å². The Hall–Kier alpha value is -0.470. The minimum Gasteiger partial charge on any atom is -0.768 e. The van der Waals surface area contributed by atoms with Gasteiger partial charge in [0.15, 0.2) is 0 Å². The molecule has 27 heavy (non-hydrogen) atoms. The van der Waals surface area contributed by atoms with Gasteiger partial charge in [0.05, 0.1) is 4.92 Å². The Morgan fingerprint density at radius 1 is 0.963 bits per heavy atom. The van der Waals surface area contributed by atoms with Crippen LogP contribution in [0.15, 0.2) is 58.3 Å². The Labute approximate surface area is 204 Å². The van der Waals surface area contributed by atoms with Gasteiger partial charge in [0.2, 0.25) is 5.91 Å². The summed E-state index contributed by atoms with van der Waals surface area (Å²) in [5, 5.41) is 12.7. The fraction of sp³-hybridized carbons (Fsp3) is 0.0714. The maximum atomic E-state index is 10.6. The second kappa shape index (κ2) is 14.5. The molecule has 2 rings (SSSR count). The van der Waals surface area contributed by atoms with Crippen LogP contribution in [0.25, 0.3) is 0 Å². The van der Waals surface area contributed by atoms with Crippen LogP contribution >= 0.6 is 0 Å². The number of non-ortho nitro benzene ring substituents is 1. The third-order valence-corrected chi connectivity index (χ3v) is 3.88. The molecule has 0 aliphatic carbocycles. The Bertz CT molecular complexity index is 790. The van der Waals surface area contributed by atoms with Gasteiger partial charge in [-0.05, 0) is 52.5 Å². The smallest absolute Gasteiger partial charge is 0.768 e. The summed E-state index contributed by atoms with van der Waals surface area (Å²) in [5.41, 5.74) is 0.360. The van der Waals surface area contributed by atoms with Crippen LogP contribution in [0.2, 0.25) is 0 Å². The van der Waals surface area contributed by atoms with Gasteiger partial charge in [-0.1, -0.05) is 6.07 Å². The fourth-order valence-corrected chi connectivity index (χ4v) is 2.32. The van der Waals surface area contributed by atoms with Crippen molar-refractivity contribution < 1.29 is 86.4 Å². The molecule has 0 saturated heterocycles. The first-order valence-electron chi connectivity index (χ1n) is 6.51. The summed E-state index contributed by atoms with van der Waals surface area (Å²) in [5.74, 6) is -0.184. The van der Waals surface area contributed by atoms with Crippen molar-refractivity contribution >= 4 is 39.4 Å². The van der Waals surface area contributed by atoms with E-state index in [1.165, 1.54) is 49.4 Å². The van der Waals surface area contributed by atoms with E-state index in [1.54, 1.807) is 0 Å². The number of benzene rings is 2. The molecule has 0 radical (unpaired) electrons. The fourth-order valence-electron chi connectivity index (χ4n) is 1.55. The number of nitro groups is 1. The Balaban J connectivity index is 0. The molecule has 1 amide bonds. The van der Waals surface area contributed by atoms with Crippen LogP contribution < -0.4 is 64.4 Å². The SMILES string of the molecule is CC(=O)Nc1ccc(S(=O)[O-])cc1.O=[N+]([O-])c1cccc(S(=O)[O-])c1.[Na+].[Na+]. The molecule has 1 N–H and O–H groups in total. The van der Waals surface area contributed by atoms with E-state index in [0.717, 1.165) is 6.07 Å². The van der Waals surface area contributed by atoms with Crippen LogP contribution in [-0.4, -0.2) is 28.4 Å². The van der Waals surface area contributed by atoms with Crippen molar-refractivity contribution in [2.75, 3.05) is 5.32 Å². The molecule has 2 atom stereocenters. The van der Waals surface area contributed by atoms with Gasteiger partial charge >= 0.3 is 59.1 Å². The quantitative estimate of drug-likeness (QED) is 0.223. The van der Waals surface area contributed by atoms with Gasteiger partial charge in [-0.25, -0.2) is 0 Å². The maximum absolute atomic E-state index is 10.6. The number of carbonyl (C=O) groups excluding carboxylic acids is 1. The molecular formula is C14H12N2Na2O7S2. The van der Waals surface area contributed by atoms with Crippen molar-refractivity contribution in [3.05, 3.63) is 58.6 Å². The molecule has 0 saturated carbocycles. The van der Waals surface area contributed by atoms with Crippen molar-refractivity contribution in [1.29, 1.82) is 0 Å². The van der Waals surface area contributed by atoms with Crippen molar-refractivity contribution in [3.63, 3.8) is 0 Å². The Morgan fingerprint density at radius 3 is 1.89 bits per heavy atom. The Kier molecular flexibility index (Phi) is 15.5. The number of nitro benzene ring substituents is 1. The molecule has 134 valence electrons. The maximum Gasteiger partial charge on any atom is 1.00 e. The van der Waals surface area contributed by atoms with E-state index in [1.807, 2.05) is 0 Å². The average molecular weight is 430 g/mol. The number of hydrogen-bond acceptors (Lipinski definition) is 7. The summed E-state index contributed by atoms with van der Waals surface area (Å²) in [6.07, 6.45) is 0. The number of amides is 1. The minimum absolute atomic E-state index is 0. The van der Waals surface area contributed by atoms with E-state index in [4.69, 9.17) is 0 Å². The molecule has 0 bridgehead atoms. The molecule has 0 aliphatic heterocycles. The summed E-state index contributed by atoms with van der Waals surface area (Å²) in [6.45, 7) is 1.39. The van der Waals surface area contributed by atoms with Crippen molar-refractivity contribution in [2.24, 2.45) is 0 Å². The topological polar surface area (TPSA) is 153 Å². The van der Waals surface area contributed by atoms with E-state index in [2.05, 4.69) is 5.32 Å². The summed E-state index contributed by atoms with van der Waals surface area (Å²) in [7, 11) is 0. The van der Waals surface area contributed by atoms with Gasteiger partial charge in [-0.3, -0.25) is 23.3 Å². The number of carbonyl (C=O) groups is 1. The second-order valence-electron chi connectivity index (χ2n) is 4.43. The number of hydrogen-bond donors (Lipinski definition) is 1. The van der Waals surface area contributed by atoms with Gasteiger partial charge in [-0.2, -0.15) is 0 Å². The van der Waals surface area contributed by atoms with Crippen LogP contribution in [0.4, 0.5) is 11.4 Å². The molecule has 0 aromatic heterocycles. The summed E-state index contributed by atoms with van der Waals surface area (Å²) < 4.78 is 41.6. The van der Waals surface area contributed by atoms with Gasteiger partial charge in [-0.15, -0.1) is 0 Å². The van der Waals surface area contributed by atoms with Crippen molar-refractivity contribution in [3.8, 4) is 0 Å². The number of rotatable bonds is 4.